The van der Waals surface area contributed by atoms with Crippen LogP contribution in [0.5, 0.6) is 11.5 Å². The Hall–Kier alpha value is 0.391. The first-order valence-electron chi connectivity index (χ1n) is 2.27. The molecule has 0 radical (unpaired) electrons. The Balaban J connectivity index is 0.000000640. The molecule has 2 nitrogen and oxygen atoms in total. The molecule has 0 saturated carbocycles. The van der Waals surface area contributed by atoms with E-state index in [0.717, 1.165) is 0 Å². The van der Waals surface area contributed by atoms with Crippen LogP contribution in [0.4, 0.5) is 0 Å². The Morgan fingerprint density at radius 2 is 1.00 bits per heavy atom. The molecule has 0 atom stereocenters. The summed E-state index contributed by atoms with van der Waals surface area (Å²) in [5.41, 5.74) is 0. The Morgan fingerprint density at radius 3 is 1.22 bits per heavy atom. The van der Waals surface area contributed by atoms with Crippen molar-refractivity contribution in [2.24, 2.45) is 0 Å². The molecule has 50 valence electrons. The first-order valence-corrected chi connectivity index (χ1v) is 2.27. The summed E-state index contributed by atoms with van der Waals surface area (Å²) >= 11 is 0. The van der Waals surface area contributed by atoms with Crippen molar-refractivity contribution in [2.45, 2.75) is 0 Å². The van der Waals surface area contributed by atoms with Gasteiger partial charge in [-0.3, -0.25) is 0 Å². The second kappa shape index (κ2) is 4.25. The fraction of sp³-hybridized carbons (Fsp3) is 0. The van der Waals surface area contributed by atoms with E-state index < -0.39 is 0 Å². The molecule has 0 saturated heterocycles. The molecule has 9 heavy (non-hydrogen) atoms. The summed E-state index contributed by atoms with van der Waals surface area (Å²) < 4.78 is 0. The average molecular weight is 241 g/mol. The predicted octanol–water partition coefficient (Wildman–Crippen LogP) is 1.10. The second-order valence-corrected chi connectivity index (χ2v) is 1.52. The van der Waals surface area contributed by atoms with Gasteiger partial charge < -0.3 is 10.2 Å². The molecule has 0 amide bonds. The molecule has 0 aliphatic rings. The maximum atomic E-state index is 8.65. The van der Waals surface area contributed by atoms with Crippen LogP contribution in [0.1, 0.15) is 0 Å². The van der Waals surface area contributed by atoms with E-state index in [0.29, 0.717) is 0 Å². The molecule has 1 aromatic carbocycles. The molecule has 0 aliphatic carbocycles. The van der Waals surface area contributed by atoms with E-state index in [9.17, 15) is 0 Å². The molecule has 0 fully saturated rings. The van der Waals surface area contributed by atoms with Crippen molar-refractivity contribution >= 4 is 0 Å². The number of hydrogen-bond acceptors (Lipinski definition) is 2. The van der Waals surface area contributed by atoms with Crippen LogP contribution < -0.4 is 0 Å². The van der Waals surface area contributed by atoms with E-state index in [1.54, 1.807) is 0 Å². The Morgan fingerprint density at radius 1 is 0.778 bits per heavy atom. The minimum atomic E-state index is 0. The summed E-state index contributed by atoms with van der Waals surface area (Å²) in [6.45, 7) is 0. The zero-order valence-electron chi connectivity index (χ0n) is 4.56. The first-order chi connectivity index (χ1) is 3.79. The molecule has 3 heteroatoms. The number of benzene rings is 1. The number of phenolic OH excluding ortho intramolecular Hbond substituents is 2. The molecular weight excluding hydrogens is 235 g/mol. The summed E-state index contributed by atoms with van der Waals surface area (Å²) in [6.07, 6.45) is 0. The van der Waals surface area contributed by atoms with Crippen molar-refractivity contribution in [3.63, 3.8) is 0 Å². The quantitative estimate of drug-likeness (QED) is 0.668. The van der Waals surface area contributed by atoms with Gasteiger partial charge in [-0.25, -0.2) is 0 Å². The largest absolute Gasteiger partial charge is 0.508 e. The predicted molar refractivity (Wildman–Crippen MR) is 29.8 cm³/mol. The molecule has 0 bridgehead atoms. The Labute approximate surface area is 93.6 Å². The van der Waals surface area contributed by atoms with Gasteiger partial charge in [-0.1, -0.05) is 0 Å². The SMILES string of the molecule is Oc1ccc(O)cc1.[Xe]. The van der Waals surface area contributed by atoms with E-state index in [-0.39, 0.29) is 60.4 Å². The van der Waals surface area contributed by atoms with Crippen molar-refractivity contribution in [1.29, 1.82) is 0 Å². The van der Waals surface area contributed by atoms with E-state index >= 15 is 0 Å². The minimum Gasteiger partial charge on any atom is -0.508 e. The third-order valence-electron chi connectivity index (χ3n) is 0.850. The fourth-order valence-electron chi connectivity index (χ4n) is 0.453. The summed E-state index contributed by atoms with van der Waals surface area (Å²) in [4.78, 5) is 0. The van der Waals surface area contributed by atoms with Gasteiger partial charge in [0.25, 0.3) is 0 Å². The van der Waals surface area contributed by atoms with Gasteiger partial charge in [0, 0.05) is 48.9 Å². The van der Waals surface area contributed by atoms with Crippen LogP contribution in [0.3, 0.4) is 0 Å². The van der Waals surface area contributed by atoms with Gasteiger partial charge >= 0.3 is 0 Å². The zero-order valence-corrected chi connectivity index (χ0v) is 6.58. The van der Waals surface area contributed by atoms with Gasteiger partial charge in [0.1, 0.15) is 11.5 Å². The van der Waals surface area contributed by atoms with E-state index in [2.05, 4.69) is 0 Å². The monoisotopic (exact) mass is 242 g/mol. The smallest absolute Gasteiger partial charge is 0.115 e. The topological polar surface area (TPSA) is 40.5 Å². The Kier molecular flexibility index (Phi) is 4.43. The van der Waals surface area contributed by atoms with Gasteiger partial charge in [-0.2, -0.15) is 0 Å². The first kappa shape index (κ1) is 9.39. The van der Waals surface area contributed by atoms with Gasteiger partial charge in [0.05, 0.1) is 0 Å². The van der Waals surface area contributed by atoms with E-state index in [4.69, 9.17) is 10.2 Å². The van der Waals surface area contributed by atoms with Crippen LogP contribution in [0, 0.1) is 48.9 Å². The van der Waals surface area contributed by atoms with Crippen molar-refractivity contribution in [3.8, 4) is 11.5 Å². The minimum absolute atomic E-state index is 0. The summed E-state index contributed by atoms with van der Waals surface area (Å²) in [5, 5.41) is 17.3. The Bertz CT molecular complexity index is 150. The average Bonchev–Trinajstić information content (AvgIpc) is 1.77. The third-order valence-corrected chi connectivity index (χ3v) is 0.850. The van der Waals surface area contributed by atoms with Crippen LogP contribution >= 0.6 is 0 Å². The maximum Gasteiger partial charge on any atom is 0.115 e. The van der Waals surface area contributed by atoms with Gasteiger partial charge in [0.2, 0.25) is 0 Å². The molecule has 2 N–H and O–H groups in total. The van der Waals surface area contributed by atoms with Gasteiger partial charge in [0.15, 0.2) is 0 Å². The molecule has 1 aromatic rings. The molecule has 0 aliphatic heterocycles. The fourth-order valence-corrected chi connectivity index (χ4v) is 0.453. The summed E-state index contributed by atoms with van der Waals surface area (Å²) in [6, 6.07) is 5.70. The molecule has 1 rings (SSSR count). The van der Waals surface area contributed by atoms with Crippen molar-refractivity contribution in [2.75, 3.05) is 0 Å². The zero-order chi connectivity index (χ0) is 5.98. The van der Waals surface area contributed by atoms with Crippen molar-refractivity contribution in [3.05, 3.63) is 24.3 Å². The van der Waals surface area contributed by atoms with Crippen LogP contribution in [0.15, 0.2) is 24.3 Å². The van der Waals surface area contributed by atoms with Crippen molar-refractivity contribution in [1.82, 2.24) is 0 Å². The van der Waals surface area contributed by atoms with Crippen LogP contribution in [0.25, 0.3) is 0 Å². The summed E-state index contributed by atoms with van der Waals surface area (Å²) in [5.74, 6) is 0.339. The van der Waals surface area contributed by atoms with Crippen molar-refractivity contribution < 1.29 is 59.1 Å². The molecule has 0 unspecified atom stereocenters. The second-order valence-electron chi connectivity index (χ2n) is 1.52. The molecule has 0 aromatic heterocycles. The number of hydrogen-bond donors (Lipinski definition) is 2. The number of aromatic hydroxyl groups is 2. The van der Waals surface area contributed by atoms with Crippen LogP contribution in [-0.2, 0) is 0 Å². The van der Waals surface area contributed by atoms with Gasteiger partial charge in [-0.15, -0.1) is 0 Å². The van der Waals surface area contributed by atoms with E-state index in [1.165, 1.54) is 24.3 Å². The third kappa shape index (κ3) is 3.17. The maximum absolute atomic E-state index is 8.65. The standard InChI is InChI=1S/C6H6O2.Xe/c7-5-1-2-6(8)4-3-5;/h1-4,7-8H;. The van der Waals surface area contributed by atoms with E-state index in [1.807, 2.05) is 0 Å². The normalized spacial score (nSPS) is 8.00. The number of rotatable bonds is 0. The molecule has 0 heterocycles. The molecule has 0 spiro atoms. The number of phenols is 2. The van der Waals surface area contributed by atoms with Crippen LogP contribution in [-0.4, -0.2) is 10.2 Å². The van der Waals surface area contributed by atoms with Crippen LogP contribution in [0.2, 0.25) is 0 Å². The molecular formula is C6H6O2Xe. The summed E-state index contributed by atoms with van der Waals surface area (Å²) in [7, 11) is 0. The van der Waals surface area contributed by atoms with Gasteiger partial charge in [-0.05, 0) is 24.3 Å².